The smallest absolute Gasteiger partial charge is 0.318 e. The van der Waals surface area contributed by atoms with Crippen molar-refractivity contribution in [3.63, 3.8) is 0 Å². The molecule has 0 saturated carbocycles. The quantitative estimate of drug-likeness (QED) is 0.872. The lowest BCUT2D eigenvalue weighted by Crippen LogP contribution is -2.33. The zero-order chi connectivity index (χ0) is 15.6. The van der Waals surface area contributed by atoms with Crippen LogP contribution in [0, 0.1) is 0 Å². The highest BCUT2D eigenvalue weighted by molar-refractivity contribution is 7.93. The third-order valence-corrected chi connectivity index (χ3v) is 4.53. The fourth-order valence-corrected chi connectivity index (χ4v) is 2.73. The van der Waals surface area contributed by atoms with Gasteiger partial charge in [-0.1, -0.05) is 11.6 Å². The first-order valence-electron chi connectivity index (χ1n) is 5.61. The number of hydrogen-bond donors (Lipinski definition) is 2. The summed E-state index contributed by atoms with van der Waals surface area (Å²) in [6.45, 7) is 1.51. The first kappa shape index (κ1) is 17.1. The number of hydrogen-bond acceptors (Lipinski definition) is 3. The van der Waals surface area contributed by atoms with Gasteiger partial charge in [0.05, 0.1) is 16.5 Å². The van der Waals surface area contributed by atoms with Crippen molar-refractivity contribution >= 4 is 27.3 Å². The molecule has 0 heterocycles. The highest BCUT2D eigenvalue weighted by Gasteiger charge is 2.35. The van der Waals surface area contributed by atoms with Crippen molar-refractivity contribution in [3.05, 3.63) is 28.8 Å². The summed E-state index contributed by atoms with van der Waals surface area (Å²) in [6.07, 6.45) is -4.70. The maximum atomic E-state index is 12.8. The summed E-state index contributed by atoms with van der Waals surface area (Å²) in [4.78, 5) is 0. The van der Waals surface area contributed by atoms with Crippen molar-refractivity contribution in [2.45, 2.75) is 18.3 Å². The van der Waals surface area contributed by atoms with Crippen LogP contribution in [0.2, 0.25) is 5.02 Å². The highest BCUT2D eigenvalue weighted by Crippen LogP contribution is 2.37. The predicted molar refractivity (Wildman–Crippen MR) is 72.4 cm³/mol. The Morgan fingerprint density at radius 3 is 2.45 bits per heavy atom. The van der Waals surface area contributed by atoms with Crippen molar-refractivity contribution in [2.24, 2.45) is 0 Å². The number of rotatable bonds is 5. The second-order valence-electron chi connectivity index (χ2n) is 4.20. The van der Waals surface area contributed by atoms with Gasteiger partial charge in [-0.05, 0) is 32.2 Å². The highest BCUT2D eigenvalue weighted by atomic mass is 35.5. The molecule has 4 nitrogen and oxygen atoms in total. The van der Waals surface area contributed by atoms with Crippen LogP contribution in [0.15, 0.2) is 18.2 Å². The fraction of sp³-hybridized carbons (Fsp3) is 0.455. The van der Waals surface area contributed by atoms with E-state index in [0.717, 1.165) is 6.07 Å². The van der Waals surface area contributed by atoms with Gasteiger partial charge in [0.15, 0.2) is 0 Å². The van der Waals surface area contributed by atoms with E-state index in [0.29, 0.717) is 6.07 Å². The van der Waals surface area contributed by atoms with E-state index in [1.807, 2.05) is 4.72 Å². The zero-order valence-corrected chi connectivity index (χ0v) is 12.3. The molecule has 0 fully saturated rings. The van der Waals surface area contributed by atoms with Gasteiger partial charge in [0.25, 0.3) is 0 Å². The summed E-state index contributed by atoms with van der Waals surface area (Å²) in [5.41, 5.74) is -1.66. The van der Waals surface area contributed by atoms with Crippen LogP contribution in [-0.2, 0) is 16.2 Å². The van der Waals surface area contributed by atoms with E-state index < -0.39 is 32.7 Å². The van der Waals surface area contributed by atoms with Gasteiger partial charge < -0.3 is 5.32 Å². The average Bonchev–Trinajstić information content (AvgIpc) is 2.30. The molecule has 0 saturated heterocycles. The topological polar surface area (TPSA) is 58.2 Å². The molecular formula is C11H14ClF3N2O2S. The molecule has 20 heavy (non-hydrogen) atoms. The Labute approximate surface area is 120 Å². The molecule has 1 rings (SSSR count). The molecule has 1 aromatic rings. The number of benzene rings is 1. The van der Waals surface area contributed by atoms with Crippen LogP contribution in [0.1, 0.15) is 12.5 Å². The number of nitrogens with one attached hydrogen (secondary N) is 2. The van der Waals surface area contributed by atoms with Crippen molar-refractivity contribution in [3.8, 4) is 0 Å². The molecule has 1 aromatic carbocycles. The SMILES string of the molecule is CNCC(C)S(=O)(=O)Nc1ccc(Cl)cc1C(F)(F)F. The molecule has 0 amide bonds. The van der Waals surface area contributed by atoms with Crippen LogP contribution in [0.5, 0.6) is 0 Å². The lowest BCUT2D eigenvalue weighted by Gasteiger charge is -2.18. The van der Waals surface area contributed by atoms with E-state index >= 15 is 0 Å². The van der Waals surface area contributed by atoms with Crippen LogP contribution in [0.25, 0.3) is 0 Å². The van der Waals surface area contributed by atoms with Gasteiger partial charge in [-0.25, -0.2) is 8.42 Å². The van der Waals surface area contributed by atoms with Crippen LogP contribution < -0.4 is 10.0 Å². The third-order valence-electron chi connectivity index (χ3n) is 2.56. The minimum absolute atomic E-state index is 0.115. The van der Waals surface area contributed by atoms with Crippen LogP contribution in [-0.4, -0.2) is 27.3 Å². The van der Waals surface area contributed by atoms with Gasteiger partial charge in [0.1, 0.15) is 0 Å². The molecule has 9 heteroatoms. The van der Waals surface area contributed by atoms with Gasteiger partial charge in [-0.2, -0.15) is 13.2 Å². The number of sulfonamides is 1. The maximum absolute atomic E-state index is 12.8. The second kappa shape index (κ2) is 6.19. The molecule has 1 atom stereocenters. The lowest BCUT2D eigenvalue weighted by atomic mass is 10.2. The van der Waals surface area contributed by atoms with Gasteiger partial charge in [-0.3, -0.25) is 4.72 Å². The van der Waals surface area contributed by atoms with Crippen molar-refractivity contribution in [2.75, 3.05) is 18.3 Å². The van der Waals surface area contributed by atoms with Crippen molar-refractivity contribution in [1.82, 2.24) is 5.32 Å². The molecule has 0 aliphatic heterocycles. The van der Waals surface area contributed by atoms with Gasteiger partial charge >= 0.3 is 6.18 Å². The molecule has 1 unspecified atom stereocenters. The molecule has 0 bridgehead atoms. The lowest BCUT2D eigenvalue weighted by molar-refractivity contribution is -0.136. The average molecular weight is 331 g/mol. The first-order chi connectivity index (χ1) is 9.08. The summed E-state index contributed by atoms with van der Waals surface area (Å²) in [5.74, 6) is 0. The van der Waals surface area contributed by atoms with Crippen LogP contribution in [0.4, 0.5) is 18.9 Å². The monoisotopic (exact) mass is 330 g/mol. The summed E-state index contributed by atoms with van der Waals surface area (Å²) < 4.78 is 64.3. The largest absolute Gasteiger partial charge is 0.418 e. The summed E-state index contributed by atoms with van der Waals surface area (Å²) in [5, 5.41) is 1.64. The van der Waals surface area contributed by atoms with E-state index in [-0.39, 0.29) is 11.6 Å². The van der Waals surface area contributed by atoms with Crippen molar-refractivity contribution < 1.29 is 21.6 Å². The Kier molecular flexibility index (Phi) is 5.28. The van der Waals surface area contributed by atoms with Gasteiger partial charge in [0, 0.05) is 11.6 Å². The normalized spacial score (nSPS) is 14.1. The molecule has 114 valence electrons. The minimum atomic E-state index is -4.70. The standard InChI is InChI=1S/C11H14ClF3N2O2S/c1-7(6-16-2)20(18,19)17-10-4-3-8(12)5-9(10)11(13,14)15/h3-5,7,16-17H,6H2,1-2H3. The Morgan fingerprint density at radius 2 is 1.95 bits per heavy atom. The third kappa shape index (κ3) is 4.26. The molecule has 0 aliphatic carbocycles. The van der Waals surface area contributed by atoms with Gasteiger partial charge in [-0.15, -0.1) is 0 Å². The fourth-order valence-electron chi connectivity index (χ4n) is 1.49. The second-order valence-corrected chi connectivity index (χ2v) is 6.74. The maximum Gasteiger partial charge on any atom is 0.418 e. The Morgan fingerprint density at radius 1 is 1.35 bits per heavy atom. The predicted octanol–water partition coefficient (Wildman–Crippen LogP) is 2.71. The van der Waals surface area contributed by atoms with Crippen LogP contribution >= 0.6 is 11.6 Å². The van der Waals surface area contributed by atoms with E-state index in [1.165, 1.54) is 13.0 Å². The molecule has 0 spiro atoms. The Balaban J connectivity index is 3.16. The van der Waals surface area contributed by atoms with E-state index in [4.69, 9.17) is 11.6 Å². The molecule has 0 radical (unpaired) electrons. The number of alkyl halides is 3. The number of halogens is 4. The van der Waals surface area contributed by atoms with E-state index in [1.54, 1.807) is 7.05 Å². The van der Waals surface area contributed by atoms with E-state index in [2.05, 4.69) is 5.32 Å². The summed E-state index contributed by atoms with van der Waals surface area (Å²) >= 11 is 5.52. The van der Waals surface area contributed by atoms with Crippen molar-refractivity contribution in [1.29, 1.82) is 0 Å². The van der Waals surface area contributed by atoms with E-state index in [9.17, 15) is 21.6 Å². The molecular weight excluding hydrogens is 317 g/mol. The Hall–Kier alpha value is -0.990. The molecule has 0 aromatic heterocycles. The summed E-state index contributed by atoms with van der Waals surface area (Å²) in [7, 11) is -2.38. The van der Waals surface area contributed by atoms with Gasteiger partial charge in [0.2, 0.25) is 10.0 Å². The van der Waals surface area contributed by atoms with Crippen LogP contribution in [0.3, 0.4) is 0 Å². The zero-order valence-electron chi connectivity index (χ0n) is 10.8. The Bertz CT molecular complexity index is 576. The molecule has 2 N–H and O–H groups in total. The first-order valence-corrected chi connectivity index (χ1v) is 7.53. The minimum Gasteiger partial charge on any atom is -0.318 e. The summed E-state index contributed by atoms with van der Waals surface area (Å²) in [6, 6.07) is 2.87. The number of anilines is 1. The molecule has 0 aliphatic rings.